The van der Waals surface area contributed by atoms with Crippen molar-refractivity contribution in [3.63, 3.8) is 0 Å². The van der Waals surface area contributed by atoms with Gasteiger partial charge in [-0.15, -0.1) is 0 Å². The fourth-order valence-corrected chi connectivity index (χ4v) is 1.83. The third kappa shape index (κ3) is 4.08. The number of carbonyl (C=O) groups is 3. The lowest BCUT2D eigenvalue weighted by Gasteiger charge is -2.14. The highest BCUT2D eigenvalue weighted by molar-refractivity contribution is 5.82. The van der Waals surface area contributed by atoms with Gasteiger partial charge < -0.3 is 14.6 Å². The molecule has 1 unspecified atom stereocenters. The number of rotatable bonds is 6. The zero-order chi connectivity index (χ0) is 15.1. The Kier molecular flexibility index (Phi) is 5.71. The monoisotopic (exact) mass is 280 g/mol. The molecule has 0 bridgehead atoms. The summed E-state index contributed by atoms with van der Waals surface area (Å²) in [6.45, 7) is 0. The predicted molar refractivity (Wildman–Crippen MR) is 69.3 cm³/mol. The van der Waals surface area contributed by atoms with Crippen LogP contribution in [0, 0.1) is 5.92 Å². The van der Waals surface area contributed by atoms with Gasteiger partial charge in [-0.2, -0.15) is 0 Å². The van der Waals surface area contributed by atoms with Crippen LogP contribution in [0.25, 0.3) is 0 Å². The molecular formula is C14H16O6. The first kappa shape index (κ1) is 15.7. The van der Waals surface area contributed by atoms with E-state index in [2.05, 4.69) is 9.47 Å². The molecule has 1 N–H and O–H groups in total. The second-order valence-electron chi connectivity index (χ2n) is 4.21. The Morgan fingerprint density at radius 1 is 1.30 bits per heavy atom. The van der Waals surface area contributed by atoms with Gasteiger partial charge in [0.1, 0.15) is 12.0 Å². The molecule has 0 aromatic heterocycles. The SMILES string of the molecule is COC(=O)CC(Cc1ccc(O)cc1C=O)C(=O)OC. The Hall–Kier alpha value is -2.37. The molecule has 6 heteroatoms. The van der Waals surface area contributed by atoms with Crippen LogP contribution >= 0.6 is 0 Å². The second kappa shape index (κ2) is 7.28. The largest absolute Gasteiger partial charge is 0.508 e. The van der Waals surface area contributed by atoms with Crippen LogP contribution in [0.4, 0.5) is 0 Å². The Balaban J connectivity index is 2.97. The number of aldehydes is 1. The number of esters is 2. The molecule has 0 spiro atoms. The summed E-state index contributed by atoms with van der Waals surface area (Å²) < 4.78 is 9.18. The first-order valence-corrected chi connectivity index (χ1v) is 5.93. The van der Waals surface area contributed by atoms with Gasteiger partial charge >= 0.3 is 11.9 Å². The molecule has 6 nitrogen and oxygen atoms in total. The Morgan fingerprint density at radius 2 is 2.00 bits per heavy atom. The summed E-state index contributed by atoms with van der Waals surface area (Å²) in [6, 6.07) is 4.25. The molecule has 0 aliphatic rings. The number of hydrogen-bond donors (Lipinski definition) is 1. The minimum Gasteiger partial charge on any atom is -0.508 e. The summed E-state index contributed by atoms with van der Waals surface area (Å²) in [5.41, 5.74) is 0.820. The molecule has 108 valence electrons. The van der Waals surface area contributed by atoms with E-state index in [9.17, 15) is 19.5 Å². The standard InChI is InChI=1S/C14H16O6/c1-19-13(17)7-10(14(18)20-2)5-9-3-4-12(16)6-11(9)8-15/h3-4,6,8,10,16H,5,7H2,1-2H3. The molecule has 0 radical (unpaired) electrons. The molecular weight excluding hydrogens is 264 g/mol. The van der Waals surface area contributed by atoms with Gasteiger partial charge in [0.05, 0.1) is 26.6 Å². The Labute approximate surface area is 116 Å². The van der Waals surface area contributed by atoms with E-state index in [1.165, 1.54) is 32.4 Å². The number of carbonyl (C=O) groups excluding carboxylic acids is 3. The third-order valence-corrected chi connectivity index (χ3v) is 2.90. The molecule has 0 saturated carbocycles. The number of phenolic OH excluding ortho intramolecular Hbond substituents is 1. The van der Waals surface area contributed by atoms with Gasteiger partial charge in [0.15, 0.2) is 0 Å². The number of aromatic hydroxyl groups is 1. The average molecular weight is 280 g/mol. The lowest BCUT2D eigenvalue weighted by molar-refractivity contribution is -0.151. The summed E-state index contributed by atoms with van der Waals surface area (Å²) >= 11 is 0. The number of methoxy groups -OCH3 is 2. The van der Waals surface area contributed by atoms with Crippen LogP contribution in [0.1, 0.15) is 22.3 Å². The van der Waals surface area contributed by atoms with E-state index in [4.69, 9.17) is 0 Å². The van der Waals surface area contributed by atoms with E-state index < -0.39 is 17.9 Å². The molecule has 0 heterocycles. The van der Waals surface area contributed by atoms with Crippen molar-refractivity contribution in [1.82, 2.24) is 0 Å². The molecule has 1 aromatic carbocycles. The van der Waals surface area contributed by atoms with E-state index in [1.54, 1.807) is 0 Å². The summed E-state index contributed by atoms with van der Waals surface area (Å²) in [5, 5.41) is 9.32. The van der Waals surface area contributed by atoms with Crippen molar-refractivity contribution in [3.8, 4) is 5.75 Å². The number of ether oxygens (including phenoxy) is 2. The molecule has 1 aromatic rings. The first-order valence-electron chi connectivity index (χ1n) is 5.93. The second-order valence-corrected chi connectivity index (χ2v) is 4.21. The molecule has 1 rings (SSSR count). The normalized spacial score (nSPS) is 11.5. The molecule has 0 aliphatic heterocycles. The van der Waals surface area contributed by atoms with Crippen molar-refractivity contribution in [2.24, 2.45) is 5.92 Å². The summed E-state index contributed by atoms with van der Waals surface area (Å²) in [7, 11) is 2.46. The number of benzene rings is 1. The highest BCUT2D eigenvalue weighted by Gasteiger charge is 2.24. The quantitative estimate of drug-likeness (QED) is 0.620. The van der Waals surface area contributed by atoms with Crippen molar-refractivity contribution in [3.05, 3.63) is 29.3 Å². The van der Waals surface area contributed by atoms with Crippen LogP contribution in [-0.2, 0) is 25.5 Å². The van der Waals surface area contributed by atoms with Gasteiger partial charge in [-0.25, -0.2) is 0 Å². The summed E-state index contributed by atoms with van der Waals surface area (Å²) in [6.07, 6.45) is 0.597. The van der Waals surface area contributed by atoms with Gasteiger partial charge in [-0.1, -0.05) is 6.07 Å². The molecule has 1 atom stereocenters. The highest BCUT2D eigenvalue weighted by atomic mass is 16.5. The lowest BCUT2D eigenvalue weighted by atomic mass is 9.93. The minimum atomic E-state index is -0.740. The fourth-order valence-electron chi connectivity index (χ4n) is 1.83. The van der Waals surface area contributed by atoms with Crippen LogP contribution in [-0.4, -0.2) is 37.6 Å². The molecule has 0 fully saturated rings. The first-order chi connectivity index (χ1) is 9.51. The molecule has 20 heavy (non-hydrogen) atoms. The maximum atomic E-state index is 11.7. The van der Waals surface area contributed by atoms with E-state index in [0.29, 0.717) is 11.8 Å². The molecule has 0 amide bonds. The smallest absolute Gasteiger partial charge is 0.309 e. The fraction of sp³-hybridized carbons (Fsp3) is 0.357. The van der Waals surface area contributed by atoms with Crippen molar-refractivity contribution in [1.29, 1.82) is 0 Å². The van der Waals surface area contributed by atoms with Crippen molar-refractivity contribution in [2.75, 3.05) is 14.2 Å². The maximum absolute atomic E-state index is 11.7. The van der Waals surface area contributed by atoms with E-state index >= 15 is 0 Å². The molecule has 0 aliphatic carbocycles. The zero-order valence-electron chi connectivity index (χ0n) is 11.3. The van der Waals surface area contributed by atoms with Crippen LogP contribution in [0.2, 0.25) is 0 Å². The highest BCUT2D eigenvalue weighted by Crippen LogP contribution is 2.21. The number of hydrogen-bond acceptors (Lipinski definition) is 6. The third-order valence-electron chi connectivity index (χ3n) is 2.90. The topological polar surface area (TPSA) is 89.9 Å². The van der Waals surface area contributed by atoms with Crippen LogP contribution < -0.4 is 0 Å². The van der Waals surface area contributed by atoms with Crippen molar-refractivity contribution >= 4 is 18.2 Å². The molecule has 0 saturated heterocycles. The van der Waals surface area contributed by atoms with Gasteiger partial charge in [0.2, 0.25) is 0 Å². The van der Waals surface area contributed by atoms with Gasteiger partial charge in [0, 0.05) is 5.56 Å². The Bertz CT molecular complexity index is 508. The maximum Gasteiger partial charge on any atom is 0.309 e. The summed E-state index contributed by atoms with van der Waals surface area (Å²) in [4.78, 5) is 33.9. The van der Waals surface area contributed by atoms with Gasteiger partial charge in [-0.05, 0) is 24.1 Å². The van der Waals surface area contributed by atoms with Crippen LogP contribution in [0.5, 0.6) is 5.75 Å². The Morgan fingerprint density at radius 3 is 2.55 bits per heavy atom. The van der Waals surface area contributed by atoms with Crippen LogP contribution in [0.15, 0.2) is 18.2 Å². The van der Waals surface area contributed by atoms with E-state index in [0.717, 1.165) is 0 Å². The zero-order valence-corrected chi connectivity index (χ0v) is 11.3. The van der Waals surface area contributed by atoms with Crippen LogP contribution in [0.3, 0.4) is 0 Å². The van der Waals surface area contributed by atoms with Gasteiger partial charge in [-0.3, -0.25) is 14.4 Å². The minimum absolute atomic E-state index is 0.0431. The predicted octanol–water partition coefficient (Wildman–Crippen LogP) is 1.10. The van der Waals surface area contributed by atoms with E-state index in [-0.39, 0.29) is 24.2 Å². The van der Waals surface area contributed by atoms with Crippen molar-refractivity contribution < 1.29 is 29.0 Å². The average Bonchev–Trinajstić information content (AvgIpc) is 2.46. The van der Waals surface area contributed by atoms with Crippen molar-refractivity contribution in [2.45, 2.75) is 12.8 Å². The van der Waals surface area contributed by atoms with Gasteiger partial charge in [0.25, 0.3) is 0 Å². The number of phenols is 1. The van der Waals surface area contributed by atoms with E-state index in [1.807, 2.05) is 0 Å². The lowest BCUT2D eigenvalue weighted by Crippen LogP contribution is -2.23. The summed E-state index contributed by atoms with van der Waals surface area (Å²) in [5.74, 6) is -1.87.